The Morgan fingerprint density at radius 3 is 2.19 bits per heavy atom. The first kappa shape index (κ1) is 21.1. The fourth-order valence-electron chi connectivity index (χ4n) is 3.72. The number of hydrogen-bond donors (Lipinski definition) is 7. The van der Waals surface area contributed by atoms with Crippen molar-refractivity contribution in [3.05, 3.63) is 52.2 Å². The first-order chi connectivity index (χ1) is 14.7. The minimum Gasteiger partial charge on any atom is -0.508 e. The van der Waals surface area contributed by atoms with Crippen LogP contribution in [0.25, 0.3) is 22.3 Å². The smallest absolute Gasteiger partial charge is 0.203 e. The fourth-order valence-corrected chi connectivity index (χ4v) is 3.72. The number of ether oxygens (including phenoxy) is 1. The van der Waals surface area contributed by atoms with E-state index < -0.39 is 48.3 Å². The summed E-state index contributed by atoms with van der Waals surface area (Å²) >= 11 is 0. The Morgan fingerprint density at radius 2 is 1.55 bits per heavy atom. The standard InChI is InChI=1S/C21H20O10/c22-7-13-16(26)18(28)19(29)21(31-13)15-17(27)14-11(25)5-10(24)6-12(14)30-20(15)8-1-3-9(23)4-2-8/h1-6,13,16,18-19,21-26,28-29H,7H2. The van der Waals surface area contributed by atoms with Gasteiger partial charge in [0.1, 0.15) is 64.5 Å². The maximum absolute atomic E-state index is 13.4. The van der Waals surface area contributed by atoms with Crippen LogP contribution in [0.4, 0.5) is 0 Å². The lowest BCUT2D eigenvalue weighted by Crippen LogP contribution is -2.55. The second-order valence-electron chi connectivity index (χ2n) is 7.31. The van der Waals surface area contributed by atoms with Gasteiger partial charge in [0.25, 0.3) is 0 Å². The molecule has 10 heteroatoms. The van der Waals surface area contributed by atoms with Crippen LogP contribution in [0.2, 0.25) is 0 Å². The number of benzene rings is 2. The molecule has 31 heavy (non-hydrogen) atoms. The number of phenols is 3. The first-order valence-electron chi connectivity index (χ1n) is 9.35. The van der Waals surface area contributed by atoms with Crippen molar-refractivity contribution < 1.29 is 44.9 Å². The lowest BCUT2D eigenvalue weighted by atomic mass is 9.89. The third-order valence-corrected chi connectivity index (χ3v) is 5.30. The Bertz CT molecular complexity index is 1170. The van der Waals surface area contributed by atoms with E-state index in [1.807, 2.05) is 0 Å². The van der Waals surface area contributed by atoms with Gasteiger partial charge >= 0.3 is 0 Å². The van der Waals surface area contributed by atoms with Gasteiger partial charge < -0.3 is 44.9 Å². The van der Waals surface area contributed by atoms with Crippen molar-refractivity contribution in [2.75, 3.05) is 6.61 Å². The minimum absolute atomic E-state index is 0.0587. The number of aromatic hydroxyl groups is 3. The summed E-state index contributed by atoms with van der Waals surface area (Å²) in [5.74, 6) is -1.11. The van der Waals surface area contributed by atoms with E-state index in [0.717, 1.165) is 12.1 Å². The molecule has 1 aliphatic heterocycles. The Labute approximate surface area is 174 Å². The van der Waals surface area contributed by atoms with Crippen LogP contribution in [0.15, 0.2) is 45.6 Å². The topological polar surface area (TPSA) is 181 Å². The molecule has 3 aromatic rings. The van der Waals surface area contributed by atoms with E-state index in [2.05, 4.69) is 0 Å². The molecule has 1 saturated heterocycles. The van der Waals surface area contributed by atoms with Crippen LogP contribution in [0.3, 0.4) is 0 Å². The molecular formula is C21H20O10. The van der Waals surface area contributed by atoms with Gasteiger partial charge in [0.05, 0.1) is 12.2 Å². The average Bonchev–Trinajstić information content (AvgIpc) is 2.73. The summed E-state index contributed by atoms with van der Waals surface area (Å²) in [5, 5.41) is 69.6. The highest BCUT2D eigenvalue weighted by Crippen LogP contribution is 2.39. The van der Waals surface area contributed by atoms with Crippen molar-refractivity contribution in [2.45, 2.75) is 30.5 Å². The number of hydrogen-bond acceptors (Lipinski definition) is 10. The highest BCUT2D eigenvalue weighted by atomic mass is 16.5. The number of fused-ring (bicyclic) bond motifs is 1. The van der Waals surface area contributed by atoms with Gasteiger partial charge in [-0.15, -0.1) is 0 Å². The number of rotatable bonds is 3. The summed E-state index contributed by atoms with van der Waals surface area (Å²) in [6, 6.07) is 7.58. The molecule has 5 atom stereocenters. The van der Waals surface area contributed by atoms with Crippen molar-refractivity contribution in [2.24, 2.45) is 0 Å². The van der Waals surface area contributed by atoms with Crippen LogP contribution in [0, 0.1) is 0 Å². The Kier molecular flexibility index (Phi) is 5.33. The molecule has 0 radical (unpaired) electrons. The summed E-state index contributed by atoms with van der Waals surface area (Å²) in [6.45, 7) is -0.700. The van der Waals surface area contributed by atoms with Gasteiger partial charge in [-0.05, 0) is 24.3 Å². The molecule has 2 heterocycles. The molecule has 5 unspecified atom stereocenters. The summed E-state index contributed by atoms with van der Waals surface area (Å²) in [4.78, 5) is 13.4. The van der Waals surface area contributed by atoms with E-state index in [-0.39, 0.29) is 39.4 Å². The van der Waals surface area contributed by atoms with E-state index in [9.17, 15) is 40.5 Å². The molecule has 10 nitrogen and oxygen atoms in total. The van der Waals surface area contributed by atoms with Crippen LogP contribution in [0.1, 0.15) is 11.7 Å². The Hall–Kier alpha value is -3.15. The molecule has 4 rings (SSSR count). The Morgan fingerprint density at radius 1 is 0.871 bits per heavy atom. The van der Waals surface area contributed by atoms with Crippen LogP contribution in [0.5, 0.6) is 17.2 Å². The first-order valence-corrected chi connectivity index (χ1v) is 9.35. The number of aliphatic hydroxyl groups is 4. The van der Waals surface area contributed by atoms with Crippen LogP contribution in [-0.4, -0.2) is 66.8 Å². The molecule has 0 spiro atoms. The molecule has 2 aromatic carbocycles. The quantitative estimate of drug-likeness (QED) is 0.300. The number of aliphatic hydroxyl groups excluding tert-OH is 4. The van der Waals surface area contributed by atoms with E-state index in [0.29, 0.717) is 0 Å². The zero-order valence-electron chi connectivity index (χ0n) is 15.9. The highest BCUT2D eigenvalue weighted by Gasteiger charge is 2.46. The maximum Gasteiger partial charge on any atom is 0.203 e. The lowest BCUT2D eigenvalue weighted by Gasteiger charge is -2.40. The zero-order chi connectivity index (χ0) is 22.4. The van der Waals surface area contributed by atoms with Gasteiger partial charge in [-0.25, -0.2) is 0 Å². The monoisotopic (exact) mass is 432 g/mol. The van der Waals surface area contributed by atoms with Crippen molar-refractivity contribution in [1.29, 1.82) is 0 Å². The van der Waals surface area contributed by atoms with Crippen molar-refractivity contribution in [3.63, 3.8) is 0 Å². The van der Waals surface area contributed by atoms with E-state index in [1.165, 1.54) is 24.3 Å². The van der Waals surface area contributed by atoms with Crippen LogP contribution < -0.4 is 5.43 Å². The molecule has 0 amide bonds. The molecule has 0 saturated carbocycles. The van der Waals surface area contributed by atoms with Crippen LogP contribution >= 0.6 is 0 Å². The van der Waals surface area contributed by atoms with E-state index in [1.54, 1.807) is 0 Å². The SMILES string of the molecule is O=c1c(C2OC(CO)C(O)C(O)C2O)c(-c2ccc(O)cc2)oc2cc(O)cc(O)c12. The normalized spacial score (nSPS) is 26.3. The summed E-state index contributed by atoms with van der Waals surface area (Å²) in [6.07, 6.45) is -7.96. The predicted octanol–water partition coefficient (Wildman–Crippen LogP) is 0.0917. The molecule has 1 aliphatic rings. The fraction of sp³-hybridized carbons (Fsp3) is 0.286. The number of phenolic OH excluding ortho intramolecular Hbond substituents is 3. The third kappa shape index (κ3) is 3.50. The minimum atomic E-state index is -1.77. The van der Waals surface area contributed by atoms with Gasteiger partial charge in [0, 0.05) is 17.7 Å². The molecule has 164 valence electrons. The van der Waals surface area contributed by atoms with Gasteiger partial charge in [0.2, 0.25) is 5.43 Å². The van der Waals surface area contributed by atoms with E-state index >= 15 is 0 Å². The molecule has 1 aromatic heterocycles. The molecule has 1 fully saturated rings. The van der Waals surface area contributed by atoms with Gasteiger partial charge in [-0.3, -0.25) is 4.79 Å². The predicted molar refractivity (Wildman–Crippen MR) is 106 cm³/mol. The highest BCUT2D eigenvalue weighted by molar-refractivity contribution is 5.87. The second kappa shape index (κ2) is 7.84. The van der Waals surface area contributed by atoms with Crippen molar-refractivity contribution in [1.82, 2.24) is 0 Å². The summed E-state index contributed by atoms with van der Waals surface area (Å²) in [7, 11) is 0. The molecule has 0 aliphatic carbocycles. The van der Waals surface area contributed by atoms with E-state index in [4.69, 9.17) is 9.15 Å². The summed E-state index contributed by atoms with van der Waals surface area (Å²) < 4.78 is 11.3. The van der Waals surface area contributed by atoms with Crippen LogP contribution in [-0.2, 0) is 4.74 Å². The summed E-state index contributed by atoms with van der Waals surface area (Å²) in [5.41, 5.74) is -0.965. The average molecular weight is 432 g/mol. The lowest BCUT2D eigenvalue weighted by molar-refractivity contribution is -0.232. The van der Waals surface area contributed by atoms with Gasteiger partial charge in [-0.1, -0.05) is 0 Å². The maximum atomic E-state index is 13.4. The third-order valence-electron chi connectivity index (χ3n) is 5.30. The second-order valence-corrected chi connectivity index (χ2v) is 7.31. The molecular weight excluding hydrogens is 412 g/mol. The largest absolute Gasteiger partial charge is 0.508 e. The molecule has 0 bridgehead atoms. The zero-order valence-corrected chi connectivity index (χ0v) is 15.9. The van der Waals surface area contributed by atoms with Gasteiger partial charge in [-0.2, -0.15) is 0 Å². The Balaban J connectivity index is 2.02. The van der Waals surface area contributed by atoms with Crippen molar-refractivity contribution in [3.8, 4) is 28.6 Å². The van der Waals surface area contributed by atoms with Gasteiger partial charge in [0.15, 0.2) is 0 Å². The van der Waals surface area contributed by atoms with Crippen molar-refractivity contribution >= 4 is 11.0 Å². The molecule has 7 N–H and O–H groups in total.